The average Bonchev–Trinajstić information content (AvgIpc) is 2.33. The van der Waals surface area contributed by atoms with Crippen LogP contribution in [-0.4, -0.2) is 25.8 Å². The second-order valence-corrected chi connectivity index (χ2v) is 4.99. The first-order chi connectivity index (χ1) is 8.31. The van der Waals surface area contributed by atoms with Gasteiger partial charge in [-0.2, -0.15) is 0 Å². The zero-order valence-electron chi connectivity index (χ0n) is 12.3. The molecule has 0 aromatic carbocycles. The van der Waals surface area contributed by atoms with E-state index in [2.05, 4.69) is 26.1 Å². The van der Waals surface area contributed by atoms with Gasteiger partial charge in [-0.3, -0.25) is 0 Å². The molecule has 0 rings (SSSR count). The summed E-state index contributed by atoms with van der Waals surface area (Å²) in [4.78, 5) is 0. The molecule has 0 aliphatic rings. The van der Waals surface area contributed by atoms with Crippen LogP contribution in [0.15, 0.2) is 0 Å². The first-order valence-electron chi connectivity index (χ1n) is 7.63. The third kappa shape index (κ3) is 13.9. The molecule has 0 saturated carbocycles. The van der Waals surface area contributed by atoms with Crippen LogP contribution >= 0.6 is 0 Å². The third-order valence-corrected chi connectivity index (χ3v) is 3.05. The Morgan fingerprint density at radius 1 is 0.882 bits per heavy atom. The maximum atomic E-state index is 5.79. The number of rotatable bonds is 13. The van der Waals surface area contributed by atoms with Gasteiger partial charge in [0.25, 0.3) is 0 Å². The predicted octanol–water partition coefficient (Wildman–Crippen LogP) is 4.14. The number of nitrogens with one attached hydrogen (secondary N) is 1. The molecular formula is C15H33NO. The molecule has 0 radical (unpaired) electrons. The van der Waals surface area contributed by atoms with E-state index in [4.69, 9.17) is 4.74 Å². The van der Waals surface area contributed by atoms with E-state index in [9.17, 15) is 0 Å². The van der Waals surface area contributed by atoms with Crippen molar-refractivity contribution in [1.29, 1.82) is 0 Å². The Morgan fingerprint density at radius 3 is 2.29 bits per heavy atom. The van der Waals surface area contributed by atoms with Crippen LogP contribution in [0.3, 0.4) is 0 Å². The van der Waals surface area contributed by atoms with Crippen LogP contribution in [0.25, 0.3) is 0 Å². The highest BCUT2D eigenvalue weighted by molar-refractivity contribution is 4.54. The van der Waals surface area contributed by atoms with Crippen molar-refractivity contribution in [3.63, 3.8) is 0 Å². The average molecular weight is 243 g/mol. The molecule has 104 valence electrons. The second-order valence-electron chi connectivity index (χ2n) is 4.99. The number of hydrogen-bond acceptors (Lipinski definition) is 2. The smallest absolute Gasteiger partial charge is 0.0559 e. The normalized spacial score (nSPS) is 12.9. The van der Waals surface area contributed by atoms with E-state index < -0.39 is 0 Å². The topological polar surface area (TPSA) is 21.3 Å². The van der Waals surface area contributed by atoms with Crippen LogP contribution < -0.4 is 5.32 Å². The van der Waals surface area contributed by atoms with E-state index in [-0.39, 0.29) is 0 Å². The van der Waals surface area contributed by atoms with Crippen LogP contribution in [0.2, 0.25) is 0 Å². The lowest BCUT2D eigenvalue weighted by Crippen LogP contribution is -2.21. The van der Waals surface area contributed by atoms with E-state index in [1.54, 1.807) is 0 Å². The summed E-state index contributed by atoms with van der Waals surface area (Å²) in [6.45, 7) is 9.81. The van der Waals surface area contributed by atoms with E-state index in [1.807, 2.05) is 0 Å². The predicted molar refractivity (Wildman–Crippen MR) is 76.6 cm³/mol. The Morgan fingerprint density at radius 2 is 1.59 bits per heavy atom. The summed E-state index contributed by atoms with van der Waals surface area (Å²) in [6, 6.07) is 0. The Hall–Kier alpha value is -0.0800. The summed E-state index contributed by atoms with van der Waals surface area (Å²) in [5.41, 5.74) is 0. The van der Waals surface area contributed by atoms with E-state index in [0.717, 1.165) is 26.1 Å². The van der Waals surface area contributed by atoms with Gasteiger partial charge in [0.1, 0.15) is 0 Å². The zero-order chi connectivity index (χ0) is 12.8. The van der Waals surface area contributed by atoms with E-state index >= 15 is 0 Å². The molecule has 0 bridgehead atoms. The summed E-state index contributed by atoms with van der Waals surface area (Å²) in [6.07, 6.45) is 10.8. The molecule has 1 atom stereocenters. The fourth-order valence-corrected chi connectivity index (χ4v) is 1.86. The third-order valence-electron chi connectivity index (χ3n) is 3.05. The molecule has 1 unspecified atom stereocenters. The molecule has 1 N–H and O–H groups in total. The van der Waals surface area contributed by atoms with Crippen molar-refractivity contribution in [1.82, 2.24) is 5.32 Å². The van der Waals surface area contributed by atoms with Gasteiger partial charge in [0.15, 0.2) is 0 Å². The summed E-state index contributed by atoms with van der Waals surface area (Å²) >= 11 is 0. The fraction of sp³-hybridized carbons (Fsp3) is 1.00. The van der Waals surface area contributed by atoms with Crippen molar-refractivity contribution in [2.24, 2.45) is 0 Å². The molecule has 0 saturated heterocycles. The minimum Gasteiger partial charge on any atom is -0.378 e. The molecule has 2 nitrogen and oxygen atoms in total. The van der Waals surface area contributed by atoms with Gasteiger partial charge in [0.2, 0.25) is 0 Å². The SMILES string of the molecule is CCCCCCCCOC(C)CCNCCC. The Balaban J connectivity index is 3.08. The van der Waals surface area contributed by atoms with Gasteiger partial charge >= 0.3 is 0 Å². The number of hydrogen-bond donors (Lipinski definition) is 1. The van der Waals surface area contributed by atoms with Crippen molar-refractivity contribution < 1.29 is 4.74 Å². The highest BCUT2D eigenvalue weighted by Crippen LogP contribution is 2.06. The maximum Gasteiger partial charge on any atom is 0.0559 e. The highest BCUT2D eigenvalue weighted by Gasteiger charge is 2.00. The molecule has 0 spiro atoms. The van der Waals surface area contributed by atoms with Crippen molar-refractivity contribution in [3.05, 3.63) is 0 Å². The minimum absolute atomic E-state index is 0.412. The van der Waals surface area contributed by atoms with Crippen LogP contribution in [0, 0.1) is 0 Å². The van der Waals surface area contributed by atoms with Gasteiger partial charge in [-0.1, -0.05) is 46.0 Å². The second kappa shape index (κ2) is 14.0. The molecule has 0 aliphatic carbocycles. The van der Waals surface area contributed by atoms with Gasteiger partial charge in [0, 0.05) is 6.61 Å². The molecule has 0 fully saturated rings. The summed E-state index contributed by atoms with van der Waals surface area (Å²) in [5, 5.41) is 3.41. The first kappa shape index (κ1) is 16.9. The maximum absolute atomic E-state index is 5.79. The first-order valence-corrected chi connectivity index (χ1v) is 7.63. The monoisotopic (exact) mass is 243 g/mol. The van der Waals surface area contributed by atoms with Gasteiger partial charge in [-0.25, -0.2) is 0 Å². The van der Waals surface area contributed by atoms with Crippen LogP contribution in [0.5, 0.6) is 0 Å². The van der Waals surface area contributed by atoms with Crippen molar-refractivity contribution in [2.45, 2.75) is 78.2 Å². The Labute approximate surface area is 109 Å². The molecule has 2 heteroatoms. The Bertz CT molecular complexity index is 139. The van der Waals surface area contributed by atoms with Crippen molar-refractivity contribution in [2.75, 3.05) is 19.7 Å². The van der Waals surface area contributed by atoms with Crippen molar-refractivity contribution in [3.8, 4) is 0 Å². The quantitative estimate of drug-likeness (QED) is 0.491. The minimum atomic E-state index is 0.412. The summed E-state index contributed by atoms with van der Waals surface area (Å²) in [7, 11) is 0. The highest BCUT2D eigenvalue weighted by atomic mass is 16.5. The lowest BCUT2D eigenvalue weighted by molar-refractivity contribution is 0.0577. The Kier molecular flexibility index (Phi) is 13.9. The lowest BCUT2D eigenvalue weighted by atomic mass is 10.1. The molecular weight excluding hydrogens is 210 g/mol. The fourth-order valence-electron chi connectivity index (χ4n) is 1.86. The van der Waals surface area contributed by atoms with Gasteiger partial charge in [-0.05, 0) is 39.3 Å². The molecule has 17 heavy (non-hydrogen) atoms. The van der Waals surface area contributed by atoms with Crippen LogP contribution in [0.4, 0.5) is 0 Å². The number of unbranched alkanes of at least 4 members (excludes halogenated alkanes) is 5. The van der Waals surface area contributed by atoms with E-state index in [0.29, 0.717) is 6.10 Å². The van der Waals surface area contributed by atoms with Gasteiger partial charge in [-0.15, -0.1) is 0 Å². The lowest BCUT2D eigenvalue weighted by Gasteiger charge is -2.13. The molecule has 0 aromatic rings. The zero-order valence-corrected chi connectivity index (χ0v) is 12.3. The van der Waals surface area contributed by atoms with Crippen LogP contribution in [0.1, 0.15) is 72.1 Å². The molecule has 0 amide bonds. The summed E-state index contributed by atoms with van der Waals surface area (Å²) in [5.74, 6) is 0. The molecule has 0 aromatic heterocycles. The number of ether oxygens (including phenoxy) is 1. The van der Waals surface area contributed by atoms with Gasteiger partial charge in [0.05, 0.1) is 6.10 Å². The molecule has 0 heterocycles. The molecule has 0 aliphatic heterocycles. The standard InChI is InChI=1S/C15H33NO/c1-4-6-7-8-9-10-14-17-15(3)11-13-16-12-5-2/h15-16H,4-14H2,1-3H3. The van der Waals surface area contributed by atoms with E-state index in [1.165, 1.54) is 44.9 Å². The van der Waals surface area contributed by atoms with Crippen LogP contribution in [-0.2, 0) is 4.74 Å². The van der Waals surface area contributed by atoms with Crippen molar-refractivity contribution >= 4 is 0 Å². The summed E-state index contributed by atoms with van der Waals surface area (Å²) < 4.78 is 5.79. The van der Waals surface area contributed by atoms with Gasteiger partial charge < -0.3 is 10.1 Å². The largest absolute Gasteiger partial charge is 0.378 e.